The standard InChI is InChI=1S/C16H21F2NO4/c1-4-5-11(15(21)22)8-19-14(20)12-6-9(2)13(10(3)7-12)23-16(17)18/h6-7,11,16H,4-5,8H2,1-3H3,(H,19,20)(H,21,22). The number of hydrogen-bond donors (Lipinski definition) is 2. The van der Waals surface area contributed by atoms with Gasteiger partial charge in [0.15, 0.2) is 0 Å². The number of hydrogen-bond acceptors (Lipinski definition) is 3. The molecule has 0 aliphatic heterocycles. The predicted octanol–water partition coefficient (Wildman–Crippen LogP) is 3.14. The zero-order valence-electron chi connectivity index (χ0n) is 13.4. The van der Waals surface area contributed by atoms with Crippen molar-refractivity contribution in [3.63, 3.8) is 0 Å². The normalized spacial score (nSPS) is 12.1. The molecule has 1 rings (SSSR count). The maximum atomic E-state index is 12.3. The Hall–Kier alpha value is -2.18. The molecule has 1 aromatic rings. The number of carboxylic acids is 1. The van der Waals surface area contributed by atoms with Gasteiger partial charge in [0.25, 0.3) is 5.91 Å². The quantitative estimate of drug-likeness (QED) is 0.768. The molecule has 23 heavy (non-hydrogen) atoms. The molecule has 0 bridgehead atoms. The summed E-state index contributed by atoms with van der Waals surface area (Å²) in [4.78, 5) is 23.2. The monoisotopic (exact) mass is 329 g/mol. The summed E-state index contributed by atoms with van der Waals surface area (Å²) in [5.41, 5.74) is 1.11. The van der Waals surface area contributed by atoms with Gasteiger partial charge in [-0.25, -0.2) is 0 Å². The van der Waals surface area contributed by atoms with Crippen LogP contribution in [-0.2, 0) is 4.79 Å². The molecular formula is C16H21F2NO4. The van der Waals surface area contributed by atoms with E-state index in [9.17, 15) is 18.4 Å². The zero-order valence-corrected chi connectivity index (χ0v) is 13.4. The van der Waals surface area contributed by atoms with Crippen LogP contribution in [0.2, 0.25) is 0 Å². The molecule has 128 valence electrons. The second-order valence-corrected chi connectivity index (χ2v) is 5.35. The fourth-order valence-electron chi connectivity index (χ4n) is 2.34. The number of alkyl halides is 2. The first-order valence-corrected chi connectivity index (χ1v) is 7.33. The van der Waals surface area contributed by atoms with Gasteiger partial charge in [-0.3, -0.25) is 9.59 Å². The number of aryl methyl sites for hydroxylation is 2. The summed E-state index contributed by atoms with van der Waals surface area (Å²) in [6, 6.07) is 2.88. The lowest BCUT2D eigenvalue weighted by molar-refractivity contribution is -0.141. The molecule has 0 aliphatic carbocycles. The third-order valence-corrected chi connectivity index (χ3v) is 3.42. The average molecular weight is 329 g/mol. The van der Waals surface area contributed by atoms with Crippen molar-refractivity contribution in [2.45, 2.75) is 40.2 Å². The van der Waals surface area contributed by atoms with E-state index in [1.807, 2.05) is 6.92 Å². The first-order chi connectivity index (χ1) is 10.8. The van der Waals surface area contributed by atoms with E-state index in [1.54, 1.807) is 13.8 Å². The third-order valence-electron chi connectivity index (χ3n) is 3.42. The second kappa shape index (κ2) is 8.45. The van der Waals surface area contributed by atoms with E-state index < -0.39 is 24.4 Å². The van der Waals surface area contributed by atoms with Crippen LogP contribution < -0.4 is 10.1 Å². The summed E-state index contributed by atoms with van der Waals surface area (Å²) in [6.07, 6.45) is 1.17. The predicted molar refractivity (Wildman–Crippen MR) is 80.9 cm³/mol. The topological polar surface area (TPSA) is 75.6 Å². The molecule has 7 heteroatoms. The lowest BCUT2D eigenvalue weighted by Gasteiger charge is -2.15. The number of carboxylic acid groups (broad SMARTS) is 1. The minimum Gasteiger partial charge on any atom is -0.481 e. The van der Waals surface area contributed by atoms with Gasteiger partial charge in [-0.15, -0.1) is 0 Å². The molecule has 0 saturated carbocycles. The Labute approximate surface area is 133 Å². The van der Waals surface area contributed by atoms with E-state index in [2.05, 4.69) is 10.1 Å². The summed E-state index contributed by atoms with van der Waals surface area (Å²) in [5, 5.41) is 11.6. The van der Waals surface area contributed by atoms with E-state index in [-0.39, 0.29) is 17.9 Å². The van der Waals surface area contributed by atoms with Crippen LogP contribution in [0.25, 0.3) is 0 Å². The summed E-state index contributed by atoms with van der Waals surface area (Å²) < 4.78 is 29.1. The highest BCUT2D eigenvalue weighted by molar-refractivity contribution is 5.95. The Balaban J connectivity index is 2.82. The molecule has 1 unspecified atom stereocenters. The van der Waals surface area contributed by atoms with Gasteiger partial charge in [-0.2, -0.15) is 8.78 Å². The minimum atomic E-state index is -2.93. The van der Waals surface area contributed by atoms with Crippen LogP contribution in [0.3, 0.4) is 0 Å². The Morgan fingerprint density at radius 1 is 1.26 bits per heavy atom. The molecule has 1 aromatic carbocycles. The van der Waals surface area contributed by atoms with E-state index in [1.165, 1.54) is 12.1 Å². The van der Waals surface area contributed by atoms with E-state index in [4.69, 9.17) is 5.11 Å². The molecule has 0 aromatic heterocycles. The van der Waals surface area contributed by atoms with Gasteiger partial charge >= 0.3 is 12.6 Å². The van der Waals surface area contributed by atoms with Crippen LogP contribution in [0.1, 0.15) is 41.3 Å². The van der Waals surface area contributed by atoms with Gasteiger partial charge in [0, 0.05) is 12.1 Å². The summed E-state index contributed by atoms with van der Waals surface area (Å²) >= 11 is 0. The number of carbonyl (C=O) groups is 2. The SMILES string of the molecule is CCCC(CNC(=O)c1cc(C)c(OC(F)F)c(C)c1)C(=O)O. The Morgan fingerprint density at radius 2 is 1.83 bits per heavy atom. The number of rotatable bonds is 8. The fraction of sp³-hybridized carbons (Fsp3) is 0.500. The molecule has 1 amide bonds. The van der Waals surface area contributed by atoms with Crippen LogP contribution in [0.5, 0.6) is 5.75 Å². The molecule has 2 N–H and O–H groups in total. The van der Waals surface area contributed by atoms with Crippen molar-refractivity contribution in [1.82, 2.24) is 5.32 Å². The molecule has 0 saturated heterocycles. The van der Waals surface area contributed by atoms with Crippen LogP contribution in [-0.4, -0.2) is 30.1 Å². The number of nitrogens with one attached hydrogen (secondary N) is 1. The highest BCUT2D eigenvalue weighted by Gasteiger charge is 2.19. The number of amides is 1. The number of benzene rings is 1. The minimum absolute atomic E-state index is 0.0232. The largest absolute Gasteiger partial charge is 0.481 e. The molecule has 0 spiro atoms. The van der Waals surface area contributed by atoms with Crippen molar-refractivity contribution in [1.29, 1.82) is 0 Å². The Morgan fingerprint density at radius 3 is 2.26 bits per heavy atom. The molecule has 0 fully saturated rings. The van der Waals surface area contributed by atoms with Gasteiger partial charge in [0.1, 0.15) is 5.75 Å². The van der Waals surface area contributed by atoms with E-state index in [0.717, 1.165) is 0 Å². The Bertz CT molecular complexity index is 552. The van der Waals surface area contributed by atoms with Crippen molar-refractivity contribution in [3.8, 4) is 5.75 Å². The average Bonchev–Trinajstić information content (AvgIpc) is 2.46. The number of ether oxygens (including phenoxy) is 1. The summed E-state index contributed by atoms with van der Waals surface area (Å²) in [6.45, 7) is 2.09. The van der Waals surface area contributed by atoms with Crippen LogP contribution >= 0.6 is 0 Å². The molecular weight excluding hydrogens is 308 g/mol. The summed E-state index contributed by atoms with van der Waals surface area (Å²) in [5.74, 6) is -2.00. The first-order valence-electron chi connectivity index (χ1n) is 7.33. The highest BCUT2D eigenvalue weighted by Crippen LogP contribution is 2.26. The first kappa shape index (κ1) is 18.9. The maximum Gasteiger partial charge on any atom is 0.387 e. The molecule has 0 heterocycles. The second-order valence-electron chi connectivity index (χ2n) is 5.35. The number of halogens is 2. The van der Waals surface area contributed by atoms with Gasteiger partial charge in [-0.05, 0) is 43.5 Å². The number of aliphatic carboxylic acids is 1. The van der Waals surface area contributed by atoms with Crippen molar-refractivity contribution in [3.05, 3.63) is 28.8 Å². The van der Waals surface area contributed by atoms with Gasteiger partial charge in [-0.1, -0.05) is 13.3 Å². The van der Waals surface area contributed by atoms with Crippen molar-refractivity contribution >= 4 is 11.9 Å². The van der Waals surface area contributed by atoms with E-state index in [0.29, 0.717) is 24.0 Å². The van der Waals surface area contributed by atoms with Crippen molar-refractivity contribution in [2.24, 2.45) is 5.92 Å². The summed E-state index contributed by atoms with van der Waals surface area (Å²) in [7, 11) is 0. The smallest absolute Gasteiger partial charge is 0.387 e. The van der Waals surface area contributed by atoms with Gasteiger partial charge < -0.3 is 15.2 Å². The van der Waals surface area contributed by atoms with Gasteiger partial charge in [0.2, 0.25) is 0 Å². The van der Waals surface area contributed by atoms with Crippen molar-refractivity contribution < 1.29 is 28.2 Å². The Kier molecular flexibility index (Phi) is 6.93. The van der Waals surface area contributed by atoms with E-state index >= 15 is 0 Å². The lowest BCUT2D eigenvalue weighted by atomic mass is 10.0. The zero-order chi connectivity index (χ0) is 17.6. The van der Waals surface area contributed by atoms with Crippen LogP contribution in [0.15, 0.2) is 12.1 Å². The molecule has 5 nitrogen and oxygen atoms in total. The molecule has 1 atom stereocenters. The maximum absolute atomic E-state index is 12.3. The van der Waals surface area contributed by atoms with Gasteiger partial charge in [0.05, 0.1) is 5.92 Å². The number of carbonyl (C=O) groups excluding carboxylic acids is 1. The van der Waals surface area contributed by atoms with Crippen molar-refractivity contribution in [2.75, 3.05) is 6.54 Å². The highest BCUT2D eigenvalue weighted by atomic mass is 19.3. The van der Waals surface area contributed by atoms with Crippen LogP contribution in [0, 0.1) is 19.8 Å². The lowest BCUT2D eigenvalue weighted by Crippen LogP contribution is -2.33. The van der Waals surface area contributed by atoms with Crippen LogP contribution in [0.4, 0.5) is 8.78 Å². The molecule has 0 radical (unpaired) electrons. The third kappa shape index (κ3) is 5.50. The fourth-order valence-corrected chi connectivity index (χ4v) is 2.34. The molecule has 0 aliphatic rings.